The molecule has 0 saturated heterocycles. The van der Waals surface area contributed by atoms with Gasteiger partial charge in [-0.2, -0.15) is 0 Å². The van der Waals surface area contributed by atoms with Gasteiger partial charge in [0.25, 0.3) is 0 Å². The maximum absolute atomic E-state index is 11.4. The lowest BCUT2D eigenvalue weighted by Gasteiger charge is -2.39. The van der Waals surface area contributed by atoms with Gasteiger partial charge in [0.2, 0.25) is 0 Å². The van der Waals surface area contributed by atoms with Crippen molar-refractivity contribution in [1.82, 2.24) is 5.32 Å². The molecule has 0 bridgehead atoms. The van der Waals surface area contributed by atoms with Crippen LogP contribution in [0.15, 0.2) is 30.3 Å². The smallest absolute Gasteiger partial charge is 0.0803 e. The fourth-order valence-corrected chi connectivity index (χ4v) is 3.10. The summed E-state index contributed by atoms with van der Waals surface area (Å²) in [7, 11) is 0. The van der Waals surface area contributed by atoms with Gasteiger partial charge in [0.1, 0.15) is 0 Å². The molecule has 1 rings (SSSR count). The van der Waals surface area contributed by atoms with Gasteiger partial charge in [-0.1, -0.05) is 83.7 Å². The van der Waals surface area contributed by atoms with E-state index in [9.17, 15) is 5.11 Å². The average molecular weight is 306 g/mol. The molecule has 0 saturated carbocycles. The Kier molecular flexibility index (Phi) is 8.74. The Balaban J connectivity index is 2.91. The summed E-state index contributed by atoms with van der Waals surface area (Å²) in [6, 6.07) is 11.0. The van der Waals surface area contributed by atoms with E-state index < -0.39 is 5.60 Å². The minimum atomic E-state index is -0.605. The van der Waals surface area contributed by atoms with Gasteiger partial charge >= 0.3 is 0 Å². The van der Waals surface area contributed by atoms with Crippen LogP contribution >= 0.6 is 0 Å². The number of unbranched alkanes of at least 4 members (excludes halogenated alkanes) is 2. The summed E-state index contributed by atoms with van der Waals surface area (Å²) in [6.07, 6.45) is 7.11. The Morgan fingerprint density at radius 1 is 1.00 bits per heavy atom. The van der Waals surface area contributed by atoms with Gasteiger partial charge in [0.05, 0.1) is 5.60 Å². The third kappa shape index (κ3) is 6.50. The Hall–Kier alpha value is -0.860. The molecule has 2 heteroatoms. The zero-order valence-electron chi connectivity index (χ0n) is 14.9. The van der Waals surface area contributed by atoms with E-state index in [0.717, 1.165) is 44.9 Å². The number of hydrogen-bond acceptors (Lipinski definition) is 2. The lowest BCUT2D eigenvalue weighted by atomic mass is 9.80. The predicted molar refractivity (Wildman–Crippen MR) is 96.2 cm³/mol. The van der Waals surface area contributed by atoms with E-state index in [1.54, 1.807) is 0 Å². The van der Waals surface area contributed by atoms with Crippen LogP contribution in [0.1, 0.15) is 71.8 Å². The zero-order chi connectivity index (χ0) is 16.4. The number of aliphatic hydroxyl groups is 1. The van der Waals surface area contributed by atoms with Gasteiger partial charge in [0, 0.05) is 12.1 Å². The highest BCUT2D eigenvalue weighted by Crippen LogP contribution is 2.28. The molecule has 22 heavy (non-hydrogen) atoms. The van der Waals surface area contributed by atoms with Gasteiger partial charge in [0.15, 0.2) is 0 Å². The highest BCUT2D eigenvalue weighted by atomic mass is 16.3. The van der Waals surface area contributed by atoms with Gasteiger partial charge in [-0.3, -0.25) is 0 Å². The normalized spacial score (nSPS) is 13.5. The van der Waals surface area contributed by atoms with Gasteiger partial charge in [-0.05, 0) is 24.8 Å². The Bertz CT molecular complexity index is 380. The standard InChI is InChI=1S/C20H35NO/c1-5-7-14-20(22,15-8-6-2)19(21-17(3)4)16-18-12-10-9-11-13-18/h9-13,17,19,21-22H,5-8,14-16H2,1-4H3/t19-/m0/s1. The lowest BCUT2D eigenvalue weighted by Crippen LogP contribution is -2.54. The van der Waals surface area contributed by atoms with Crippen LogP contribution in [-0.2, 0) is 6.42 Å². The molecule has 1 aromatic rings. The van der Waals surface area contributed by atoms with Crippen molar-refractivity contribution in [3.05, 3.63) is 35.9 Å². The Labute approximate surface area is 137 Å². The highest BCUT2D eigenvalue weighted by Gasteiger charge is 2.35. The van der Waals surface area contributed by atoms with Crippen LogP contribution < -0.4 is 5.32 Å². The molecule has 0 unspecified atom stereocenters. The molecule has 0 radical (unpaired) electrons. The fourth-order valence-electron chi connectivity index (χ4n) is 3.10. The van der Waals surface area contributed by atoms with E-state index >= 15 is 0 Å². The molecule has 0 aliphatic rings. The van der Waals surface area contributed by atoms with Crippen molar-refractivity contribution in [2.75, 3.05) is 0 Å². The molecule has 0 fully saturated rings. The first-order valence-corrected chi connectivity index (χ1v) is 9.04. The van der Waals surface area contributed by atoms with E-state index in [1.165, 1.54) is 5.56 Å². The quantitative estimate of drug-likeness (QED) is 0.620. The largest absolute Gasteiger partial charge is 0.388 e. The third-order valence-corrected chi connectivity index (χ3v) is 4.39. The molecule has 0 spiro atoms. The zero-order valence-corrected chi connectivity index (χ0v) is 14.9. The second kappa shape index (κ2) is 10.0. The molecule has 2 N–H and O–H groups in total. The molecule has 126 valence electrons. The van der Waals surface area contributed by atoms with Crippen LogP contribution in [0.2, 0.25) is 0 Å². The summed E-state index contributed by atoms with van der Waals surface area (Å²) in [4.78, 5) is 0. The first kappa shape index (κ1) is 19.2. The first-order chi connectivity index (χ1) is 10.5. The molecular formula is C20H35NO. The molecule has 0 aromatic heterocycles. The first-order valence-electron chi connectivity index (χ1n) is 9.04. The highest BCUT2D eigenvalue weighted by molar-refractivity contribution is 5.17. The minimum Gasteiger partial charge on any atom is -0.388 e. The van der Waals surface area contributed by atoms with Crippen LogP contribution in [0, 0.1) is 0 Å². The van der Waals surface area contributed by atoms with Crippen LogP contribution in [0.5, 0.6) is 0 Å². The van der Waals surface area contributed by atoms with E-state index in [1.807, 2.05) is 0 Å². The summed E-state index contributed by atoms with van der Waals surface area (Å²) >= 11 is 0. The van der Waals surface area contributed by atoms with Gasteiger partial charge in [-0.25, -0.2) is 0 Å². The van der Waals surface area contributed by atoms with Crippen molar-refractivity contribution in [3.8, 4) is 0 Å². The Morgan fingerprint density at radius 3 is 2.00 bits per heavy atom. The van der Waals surface area contributed by atoms with Crippen molar-refractivity contribution >= 4 is 0 Å². The average Bonchev–Trinajstić information content (AvgIpc) is 2.51. The van der Waals surface area contributed by atoms with E-state index in [4.69, 9.17) is 0 Å². The molecule has 0 amide bonds. The minimum absolute atomic E-state index is 0.119. The van der Waals surface area contributed by atoms with Gasteiger partial charge < -0.3 is 10.4 Å². The van der Waals surface area contributed by atoms with Crippen molar-refractivity contribution in [3.63, 3.8) is 0 Å². The maximum atomic E-state index is 11.4. The van der Waals surface area contributed by atoms with Crippen molar-refractivity contribution in [1.29, 1.82) is 0 Å². The number of hydrogen-bond donors (Lipinski definition) is 2. The van der Waals surface area contributed by atoms with Crippen molar-refractivity contribution in [2.45, 2.75) is 90.3 Å². The van der Waals surface area contributed by atoms with Gasteiger partial charge in [-0.15, -0.1) is 0 Å². The van der Waals surface area contributed by atoms with E-state index in [0.29, 0.717) is 6.04 Å². The summed E-state index contributed by atoms with van der Waals surface area (Å²) in [5.41, 5.74) is 0.693. The molecular weight excluding hydrogens is 270 g/mol. The lowest BCUT2D eigenvalue weighted by molar-refractivity contribution is -0.0202. The molecule has 0 aliphatic heterocycles. The predicted octanol–water partition coefficient (Wildman–Crippen LogP) is 4.71. The molecule has 1 aromatic carbocycles. The third-order valence-electron chi connectivity index (χ3n) is 4.39. The Morgan fingerprint density at radius 2 is 1.55 bits per heavy atom. The molecule has 0 aliphatic carbocycles. The summed E-state index contributed by atoms with van der Waals surface area (Å²) in [5, 5.41) is 15.0. The molecule has 1 atom stereocenters. The number of nitrogens with one attached hydrogen (secondary N) is 1. The maximum Gasteiger partial charge on any atom is 0.0803 e. The van der Waals surface area contributed by atoms with Crippen molar-refractivity contribution in [2.24, 2.45) is 0 Å². The summed E-state index contributed by atoms with van der Waals surface area (Å²) in [5.74, 6) is 0. The fraction of sp³-hybridized carbons (Fsp3) is 0.700. The number of rotatable bonds is 11. The summed E-state index contributed by atoms with van der Waals surface area (Å²) < 4.78 is 0. The molecule has 2 nitrogen and oxygen atoms in total. The second-order valence-corrected chi connectivity index (χ2v) is 6.87. The van der Waals surface area contributed by atoms with E-state index in [-0.39, 0.29) is 6.04 Å². The SMILES string of the molecule is CCCCC(O)(CCCC)[C@H](Cc1ccccc1)NC(C)C. The van der Waals surface area contributed by atoms with Crippen LogP contribution in [0.25, 0.3) is 0 Å². The number of benzene rings is 1. The molecule has 0 heterocycles. The summed E-state index contributed by atoms with van der Waals surface area (Å²) in [6.45, 7) is 8.72. The monoisotopic (exact) mass is 305 g/mol. The topological polar surface area (TPSA) is 32.3 Å². The van der Waals surface area contributed by atoms with Crippen LogP contribution in [0.3, 0.4) is 0 Å². The second-order valence-electron chi connectivity index (χ2n) is 6.87. The van der Waals surface area contributed by atoms with Crippen LogP contribution in [-0.4, -0.2) is 22.8 Å². The van der Waals surface area contributed by atoms with E-state index in [2.05, 4.69) is 63.3 Å². The van der Waals surface area contributed by atoms with Crippen LogP contribution in [0.4, 0.5) is 0 Å². The van der Waals surface area contributed by atoms with Crippen molar-refractivity contribution < 1.29 is 5.11 Å².